The smallest absolute Gasteiger partial charge is 0.127 e. The second-order valence-corrected chi connectivity index (χ2v) is 5.77. The van der Waals surface area contributed by atoms with Gasteiger partial charge < -0.3 is 14.7 Å². The van der Waals surface area contributed by atoms with Gasteiger partial charge in [-0.05, 0) is 55.0 Å². The molecule has 1 atom stereocenters. The van der Waals surface area contributed by atoms with Crippen molar-refractivity contribution < 1.29 is 9.84 Å². The van der Waals surface area contributed by atoms with Gasteiger partial charge in [-0.2, -0.15) is 0 Å². The molecule has 0 aromatic heterocycles. The van der Waals surface area contributed by atoms with Gasteiger partial charge in [-0.25, -0.2) is 0 Å². The molecule has 3 rings (SSSR count). The highest BCUT2D eigenvalue weighted by Gasteiger charge is 2.21. The Morgan fingerprint density at radius 1 is 1.05 bits per heavy atom. The first-order chi connectivity index (χ1) is 10.2. The Bertz CT molecular complexity index is 583. The molecule has 0 amide bonds. The summed E-state index contributed by atoms with van der Waals surface area (Å²) in [6, 6.07) is 15.4. The first-order valence-electron chi connectivity index (χ1n) is 7.14. The second kappa shape index (κ2) is 6.37. The molecule has 1 N–H and O–H groups in total. The van der Waals surface area contributed by atoms with Crippen LogP contribution in [0, 0.1) is 5.92 Å². The van der Waals surface area contributed by atoms with E-state index in [0.29, 0.717) is 10.9 Å². The van der Waals surface area contributed by atoms with E-state index in [-0.39, 0.29) is 6.61 Å². The molecule has 1 saturated heterocycles. The fourth-order valence-electron chi connectivity index (χ4n) is 2.58. The minimum atomic E-state index is 0.272. The Morgan fingerprint density at radius 2 is 1.67 bits per heavy atom. The zero-order valence-corrected chi connectivity index (χ0v) is 12.5. The molecule has 21 heavy (non-hydrogen) atoms. The van der Waals surface area contributed by atoms with E-state index in [1.165, 1.54) is 5.69 Å². The largest absolute Gasteiger partial charge is 0.457 e. The molecule has 0 radical (unpaired) electrons. The molecule has 1 aliphatic rings. The molecule has 1 heterocycles. The Labute approximate surface area is 129 Å². The molecule has 0 bridgehead atoms. The predicted molar refractivity (Wildman–Crippen MR) is 85.4 cm³/mol. The summed E-state index contributed by atoms with van der Waals surface area (Å²) in [5, 5.41) is 9.90. The van der Waals surface area contributed by atoms with Gasteiger partial charge in [0.1, 0.15) is 11.5 Å². The topological polar surface area (TPSA) is 32.7 Å². The number of aliphatic hydroxyl groups excluding tert-OH is 1. The molecule has 2 aromatic rings. The lowest BCUT2D eigenvalue weighted by atomic mass is 10.1. The molecule has 2 aromatic carbocycles. The van der Waals surface area contributed by atoms with Crippen LogP contribution in [0.2, 0.25) is 5.02 Å². The van der Waals surface area contributed by atoms with Crippen molar-refractivity contribution in [3.63, 3.8) is 0 Å². The maximum atomic E-state index is 9.20. The highest BCUT2D eigenvalue weighted by molar-refractivity contribution is 6.30. The number of ether oxygens (including phenoxy) is 1. The lowest BCUT2D eigenvalue weighted by molar-refractivity contribution is 0.238. The Hall–Kier alpha value is -1.71. The minimum Gasteiger partial charge on any atom is -0.457 e. The molecule has 1 aliphatic heterocycles. The van der Waals surface area contributed by atoms with Crippen molar-refractivity contribution in [1.82, 2.24) is 0 Å². The summed E-state index contributed by atoms with van der Waals surface area (Å²) in [4.78, 5) is 2.30. The zero-order valence-electron chi connectivity index (χ0n) is 11.7. The number of rotatable bonds is 4. The summed E-state index contributed by atoms with van der Waals surface area (Å²) in [5.74, 6) is 1.97. The van der Waals surface area contributed by atoms with Crippen LogP contribution in [0.15, 0.2) is 48.5 Å². The van der Waals surface area contributed by atoms with Crippen LogP contribution in [0.1, 0.15) is 6.42 Å². The maximum absolute atomic E-state index is 9.20. The van der Waals surface area contributed by atoms with Crippen molar-refractivity contribution in [2.75, 3.05) is 24.6 Å². The summed E-state index contributed by atoms with van der Waals surface area (Å²) < 4.78 is 5.78. The van der Waals surface area contributed by atoms with Crippen LogP contribution in [-0.4, -0.2) is 24.8 Å². The first-order valence-corrected chi connectivity index (χ1v) is 7.51. The quantitative estimate of drug-likeness (QED) is 0.928. The number of halogens is 1. The Morgan fingerprint density at radius 3 is 2.24 bits per heavy atom. The number of benzene rings is 2. The van der Waals surface area contributed by atoms with Gasteiger partial charge in [0.15, 0.2) is 0 Å². The fourth-order valence-corrected chi connectivity index (χ4v) is 2.71. The maximum Gasteiger partial charge on any atom is 0.127 e. The van der Waals surface area contributed by atoms with Crippen molar-refractivity contribution in [3.05, 3.63) is 53.6 Å². The molecule has 4 heteroatoms. The van der Waals surface area contributed by atoms with Crippen LogP contribution in [0.3, 0.4) is 0 Å². The van der Waals surface area contributed by atoms with Crippen LogP contribution in [-0.2, 0) is 0 Å². The third kappa shape index (κ3) is 3.49. The average Bonchev–Trinajstić information content (AvgIpc) is 2.99. The van der Waals surface area contributed by atoms with E-state index in [0.717, 1.165) is 31.0 Å². The van der Waals surface area contributed by atoms with Gasteiger partial charge in [0.2, 0.25) is 0 Å². The molecular weight excluding hydrogens is 286 g/mol. The molecule has 1 unspecified atom stereocenters. The normalized spacial score (nSPS) is 18.0. The van der Waals surface area contributed by atoms with E-state index in [4.69, 9.17) is 16.3 Å². The Kier molecular flexibility index (Phi) is 4.32. The van der Waals surface area contributed by atoms with E-state index < -0.39 is 0 Å². The SMILES string of the molecule is OCC1CCN(c2ccc(Oc3ccc(Cl)cc3)cc2)C1. The van der Waals surface area contributed by atoms with Crippen LogP contribution < -0.4 is 9.64 Å². The van der Waals surface area contributed by atoms with Crippen molar-refractivity contribution in [2.45, 2.75) is 6.42 Å². The van der Waals surface area contributed by atoms with Gasteiger partial charge >= 0.3 is 0 Å². The summed E-state index contributed by atoms with van der Waals surface area (Å²) in [6.45, 7) is 2.20. The molecule has 0 saturated carbocycles. The van der Waals surface area contributed by atoms with Gasteiger partial charge in [-0.3, -0.25) is 0 Å². The Balaban J connectivity index is 1.65. The van der Waals surface area contributed by atoms with Crippen LogP contribution in [0.25, 0.3) is 0 Å². The number of hydrogen-bond donors (Lipinski definition) is 1. The lowest BCUT2D eigenvalue weighted by Crippen LogP contribution is -2.20. The van der Waals surface area contributed by atoms with Crippen molar-refractivity contribution in [3.8, 4) is 11.5 Å². The van der Waals surface area contributed by atoms with Crippen molar-refractivity contribution >= 4 is 17.3 Å². The van der Waals surface area contributed by atoms with Crippen molar-refractivity contribution in [2.24, 2.45) is 5.92 Å². The number of hydrogen-bond acceptors (Lipinski definition) is 3. The minimum absolute atomic E-state index is 0.272. The van der Waals surface area contributed by atoms with E-state index >= 15 is 0 Å². The monoisotopic (exact) mass is 303 g/mol. The van der Waals surface area contributed by atoms with E-state index in [2.05, 4.69) is 17.0 Å². The predicted octanol–water partition coefficient (Wildman–Crippen LogP) is 3.95. The highest BCUT2D eigenvalue weighted by atomic mass is 35.5. The summed E-state index contributed by atoms with van der Waals surface area (Å²) >= 11 is 5.85. The van der Waals surface area contributed by atoms with E-state index in [9.17, 15) is 5.11 Å². The fraction of sp³-hybridized carbons (Fsp3) is 0.294. The standard InChI is InChI=1S/C17H18ClNO2/c18-14-1-5-16(6-2-14)21-17-7-3-15(4-8-17)19-10-9-13(11-19)12-20/h1-8,13,20H,9-12H2. The summed E-state index contributed by atoms with van der Waals surface area (Å²) in [6.07, 6.45) is 1.06. The number of nitrogens with zero attached hydrogens (tertiary/aromatic N) is 1. The van der Waals surface area contributed by atoms with Gasteiger partial charge in [0.05, 0.1) is 0 Å². The highest BCUT2D eigenvalue weighted by Crippen LogP contribution is 2.28. The lowest BCUT2D eigenvalue weighted by Gasteiger charge is -2.18. The molecule has 1 fully saturated rings. The zero-order chi connectivity index (χ0) is 14.7. The van der Waals surface area contributed by atoms with Gasteiger partial charge in [0.25, 0.3) is 0 Å². The molecule has 0 aliphatic carbocycles. The number of aliphatic hydroxyl groups is 1. The van der Waals surface area contributed by atoms with E-state index in [1.54, 1.807) is 0 Å². The second-order valence-electron chi connectivity index (χ2n) is 5.33. The molecular formula is C17H18ClNO2. The van der Waals surface area contributed by atoms with Gasteiger partial charge in [-0.1, -0.05) is 11.6 Å². The van der Waals surface area contributed by atoms with Crippen molar-refractivity contribution in [1.29, 1.82) is 0 Å². The third-order valence-corrected chi connectivity index (χ3v) is 4.05. The van der Waals surface area contributed by atoms with Crippen LogP contribution in [0.5, 0.6) is 11.5 Å². The van der Waals surface area contributed by atoms with Crippen LogP contribution >= 0.6 is 11.6 Å². The van der Waals surface area contributed by atoms with Gasteiger partial charge in [0, 0.05) is 36.3 Å². The van der Waals surface area contributed by atoms with Crippen LogP contribution in [0.4, 0.5) is 5.69 Å². The molecule has 110 valence electrons. The summed E-state index contributed by atoms with van der Waals surface area (Å²) in [5.41, 5.74) is 1.18. The number of anilines is 1. The molecule has 0 spiro atoms. The van der Waals surface area contributed by atoms with Gasteiger partial charge in [-0.15, -0.1) is 0 Å². The average molecular weight is 304 g/mol. The third-order valence-electron chi connectivity index (χ3n) is 3.80. The van der Waals surface area contributed by atoms with E-state index in [1.807, 2.05) is 36.4 Å². The first kappa shape index (κ1) is 14.2. The molecule has 3 nitrogen and oxygen atoms in total. The summed E-state index contributed by atoms with van der Waals surface area (Å²) in [7, 11) is 0.